The zero-order valence-electron chi connectivity index (χ0n) is 8.52. The highest BCUT2D eigenvalue weighted by atomic mass is 16.5. The second-order valence-electron chi connectivity index (χ2n) is 2.99. The second kappa shape index (κ2) is 3.61. The van der Waals surface area contributed by atoms with E-state index in [2.05, 4.69) is 9.97 Å². The van der Waals surface area contributed by atoms with E-state index in [9.17, 15) is 0 Å². The maximum Gasteiger partial charge on any atom is 0.224 e. The summed E-state index contributed by atoms with van der Waals surface area (Å²) in [4.78, 5) is 8.11. The lowest BCUT2D eigenvalue weighted by Crippen LogP contribution is -1.96. The number of methoxy groups -OCH3 is 2. The molecule has 2 rings (SSSR count). The van der Waals surface area contributed by atoms with Crippen molar-refractivity contribution < 1.29 is 9.47 Å². The first-order valence-electron chi connectivity index (χ1n) is 4.38. The Bertz CT molecular complexity index is 499. The summed E-state index contributed by atoms with van der Waals surface area (Å²) in [5.74, 6) is 1.11. The van der Waals surface area contributed by atoms with Crippen LogP contribution in [0.15, 0.2) is 18.5 Å². The van der Waals surface area contributed by atoms with Crippen molar-refractivity contribution >= 4 is 16.6 Å². The molecule has 0 fully saturated rings. The fourth-order valence-electron chi connectivity index (χ4n) is 1.42. The van der Waals surface area contributed by atoms with Gasteiger partial charge in [0.2, 0.25) is 5.88 Å². The first-order valence-corrected chi connectivity index (χ1v) is 4.38. The molecule has 5 heteroatoms. The van der Waals surface area contributed by atoms with E-state index >= 15 is 0 Å². The van der Waals surface area contributed by atoms with E-state index in [1.165, 1.54) is 6.33 Å². The Morgan fingerprint density at radius 1 is 1.13 bits per heavy atom. The van der Waals surface area contributed by atoms with E-state index in [1.807, 2.05) is 0 Å². The van der Waals surface area contributed by atoms with Gasteiger partial charge in [-0.15, -0.1) is 0 Å². The maximum absolute atomic E-state index is 5.78. The molecule has 2 aromatic rings. The Morgan fingerprint density at radius 2 is 1.93 bits per heavy atom. The number of hydrogen-bond acceptors (Lipinski definition) is 5. The highest BCUT2D eigenvalue weighted by molar-refractivity contribution is 5.88. The molecule has 0 aliphatic heterocycles. The van der Waals surface area contributed by atoms with Gasteiger partial charge in [-0.05, 0) is 6.07 Å². The molecule has 0 spiro atoms. The summed E-state index contributed by atoms with van der Waals surface area (Å²) in [6.07, 6.45) is 1.44. The molecule has 0 unspecified atom stereocenters. The van der Waals surface area contributed by atoms with Crippen molar-refractivity contribution in [2.75, 3.05) is 20.0 Å². The predicted molar refractivity (Wildman–Crippen MR) is 57.1 cm³/mol. The number of aromatic nitrogens is 2. The summed E-state index contributed by atoms with van der Waals surface area (Å²) < 4.78 is 10.2. The molecule has 0 atom stereocenters. The molecule has 0 aliphatic rings. The van der Waals surface area contributed by atoms with Gasteiger partial charge in [0.15, 0.2) is 0 Å². The fourth-order valence-corrected chi connectivity index (χ4v) is 1.42. The molecule has 78 valence electrons. The van der Waals surface area contributed by atoms with Crippen LogP contribution in [0.3, 0.4) is 0 Å². The zero-order valence-corrected chi connectivity index (χ0v) is 8.52. The fraction of sp³-hybridized carbons (Fsp3) is 0.200. The van der Waals surface area contributed by atoms with Crippen molar-refractivity contribution in [3.8, 4) is 11.6 Å². The van der Waals surface area contributed by atoms with Crippen molar-refractivity contribution in [3.05, 3.63) is 18.5 Å². The third kappa shape index (κ3) is 1.52. The number of ether oxygens (including phenoxy) is 2. The van der Waals surface area contributed by atoms with Crippen LogP contribution >= 0.6 is 0 Å². The number of hydrogen-bond donors (Lipinski definition) is 1. The predicted octanol–water partition coefficient (Wildman–Crippen LogP) is 1.23. The monoisotopic (exact) mass is 205 g/mol. The van der Waals surface area contributed by atoms with E-state index in [0.717, 1.165) is 10.9 Å². The molecule has 0 saturated heterocycles. The van der Waals surface area contributed by atoms with Gasteiger partial charge in [0.25, 0.3) is 0 Å². The highest BCUT2D eigenvalue weighted by Gasteiger charge is 2.07. The summed E-state index contributed by atoms with van der Waals surface area (Å²) in [5.41, 5.74) is 7.07. The molecular formula is C10H11N3O2. The lowest BCUT2D eigenvalue weighted by molar-refractivity contribution is 0.402. The van der Waals surface area contributed by atoms with E-state index < -0.39 is 0 Å². The number of nitrogens with two attached hydrogens (primary N) is 1. The van der Waals surface area contributed by atoms with Crippen molar-refractivity contribution in [1.29, 1.82) is 0 Å². The Hall–Kier alpha value is -2.04. The molecule has 2 N–H and O–H groups in total. The van der Waals surface area contributed by atoms with Gasteiger partial charge in [-0.25, -0.2) is 9.97 Å². The van der Waals surface area contributed by atoms with Gasteiger partial charge in [0, 0.05) is 6.07 Å². The lowest BCUT2D eigenvalue weighted by atomic mass is 10.2. The van der Waals surface area contributed by atoms with Crippen molar-refractivity contribution in [1.82, 2.24) is 9.97 Å². The highest BCUT2D eigenvalue weighted by Crippen LogP contribution is 2.30. The minimum Gasteiger partial charge on any atom is -0.495 e. The SMILES string of the molecule is COc1cc2ncnc(OC)c2cc1N. The van der Waals surface area contributed by atoms with Crippen LogP contribution in [0.4, 0.5) is 5.69 Å². The van der Waals surface area contributed by atoms with Gasteiger partial charge in [-0.2, -0.15) is 0 Å². The number of benzene rings is 1. The number of nitrogen functional groups attached to an aromatic ring is 1. The third-order valence-electron chi connectivity index (χ3n) is 2.14. The first-order chi connectivity index (χ1) is 7.26. The Kier molecular flexibility index (Phi) is 2.29. The van der Waals surface area contributed by atoms with Crippen LogP contribution in [0.5, 0.6) is 11.6 Å². The summed E-state index contributed by atoms with van der Waals surface area (Å²) >= 11 is 0. The zero-order chi connectivity index (χ0) is 10.8. The first kappa shape index (κ1) is 9.51. The topological polar surface area (TPSA) is 70.3 Å². The van der Waals surface area contributed by atoms with Crippen LogP contribution < -0.4 is 15.2 Å². The molecule has 1 aromatic carbocycles. The lowest BCUT2D eigenvalue weighted by Gasteiger charge is -2.07. The Morgan fingerprint density at radius 3 is 2.60 bits per heavy atom. The van der Waals surface area contributed by atoms with Crippen LogP contribution in [0, 0.1) is 0 Å². The van der Waals surface area contributed by atoms with E-state index in [-0.39, 0.29) is 0 Å². The van der Waals surface area contributed by atoms with Crippen LogP contribution in [0.1, 0.15) is 0 Å². The Labute approximate surface area is 86.8 Å². The van der Waals surface area contributed by atoms with Gasteiger partial charge < -0.3 is 15.2 Å². The van der Waals surface area contributed by atoms with Crippen molar-refractivity contribution in [3.63, 3.8) is 0 Å². The van der Waals surface area contributed by atoms with Crippen molar-refractivity contribution in [2.45, 2.75) is 0 Å². The normalized spacial score (nSPS) is 10.3. The number of anilines is 1. The standard InChI is InChI=1S/C10H11N3O2/c1-14-9-4-8-6(3-7(9)11)10(15-2)13-5-12-8/h3-5H,11H2,1-2H3. The maximum atomic E-state index is 5.78. The molecule has 0 saturated carbocycles. The molecule has 0 bridgehead atoms. The summed E-state index contributed by atoms with van der Waals surface area (Å²) in [6.45, 7) is 0. The van der Waals surface area contributed by atoms with Gasteiger partial charge in [0.05, 0.1) is 30.8 Å². The second-order valence-corrected chi connectivity index (χ2v) is 2.99. The average molecular weight is 205 g/mol. The molecule has 0 aliphatic carbocycles. The van der Waals surface area contributed by atoms with Gasteiger partial charge in [-0.1, -0.05) is 0 Å². The van der Waals surface area contributed by atoms with Crippen LogP contribution in [0.25, 0.3) is 10.9 Å². The van der Waals surface area contributed by atoms with E-state index in [1.54, 1.807) is 26.4 Å². The van der Waals surface area contributed by atoms with Gasteiger partial charge in [0.1, 0.15) is 12.1 Å². The van der Waals surface area contributed by atoms with Gasteiger partial charge in [-0.3, -0.25) is 0 Å². The summed E-state index contributed by atoms with van der Waals surface area (Å²) in [5, 5.41) is 0.776. The van der Waals surface area contributed by atoms with Crippen LogP contribution in [0.2, 0.25) is 0 Å². The number of rotatable bonds is 2. The van der Waals surface area contributed by atoms with E-state index in [0.29, 0.717) is 17.3 Å². The van der Waals surface area contributed by atoms with E-state index in [4.69, 9.17) is 15.2 Å². The largest absolute Gasteiger partial charge is 0.495 e. The summed E-state index contributed by atoms with van der Waals surface area (Å²) in [7, 11) is 3.12. The number of fused-ring (bicyclic) bond motifs is 1. The summed E-state index contributed by atoms with van der Waals surface area (Å²) in [6, 6.07) is 3.50. The quantitative estimate of drug-likeness (QED) is 0.746. The average Bonchev–Trinajstić information content (AvgIpc) is 2.27. The molecule has 0 amide bonds. The van der Waals surface area contributed by atoms with Gasteiger partial charge >= 0.3 is 0 Å². The van der Waals surface area contributed by atoms with Crippen LogP contribution in [-0.2, 0) is 0 Å². The Balaban J connectivity index is 2.74. The molecule has 15 heavy (non-hydrogen) atoms. The van der Waals surface area contributed by atoms with Crippen LogP contribution in [-0.4, -0.2) is 24.2 Å². The van der Waals surface area contributed by atoms with Crippen molar-refractivity contribution in [2.24, 2.45) is 0 Å². The minimum absolute atomic E-state index is 0.509. The molecule has 1 aromatic heterocycles. The molecule has 5 nitrogen and oxygen atoms in total. The molecule has 1 heterocycles. The molecule has 0 radical (unpaired) electrons. The third-order valence-corrected chi connectivity index (χ3v) is 2.14. The smallest absolute Gasteiger partial charge is 0.224 e. The minimum atomic E-state index is 0.509. The molecular weight excluding hydrogens is 194 g/mol. The number of nitrogens with zero attached hydrogens (tertiary/aromatic N) is 2.